The fourth-order valence-electron chi connectivity index (χ4n) is 2.77. The summed E-state index contributed by atoms with van der Waals surface area (Å²) in [4.78, 5) is 29.0. The van der Waals surface area contributed by atoms with Crippen molar-refractivity contribution in [1.82, 2.24) is 19.9 Å². The summed E-state index contributed by atoms with van der Waals surface area (Å²) in [5, 5.41) is 2.89. The fraction of sp³-hybridized carbons (Fsp3) is 0.0526. The van der Waals surface area contributed by atoms with E-state index in [4.69, 9.17) is 0 Å². The molecule has 6 heteroatoms. The van der Waals surface area contributed by atoms with Crippen LogP contribution in [-0.4, -0.2) is 20.4 Å². The van der Waals surface area contributed by atoms with E-state index in [0.717, 1.165) is 22.3 Å². The van der Waals surface area contributed by atoms with Crippen LogP contribution in [0.4, 0.5) is 0 Å². The highest BCUT2D eigenvalue weighted by atomic mass is 16.1. The summed E-state index contributed by atoms with van der Waals surface area (Å²) in [5.41, 5.74) is 3.77. The van der Waals surface area contributed by atoms with E-state index in [1.807, 2.05) is 59.4 Å². The second-order valence-electron chi connectivity index (χ2n) is 5.78. The Morgan fingerprint density at radius 1 is 0.960 bits per heavy atom. The van der Waals surface area contributed by atoms with Crippen LogP contribution < -0.4 is 11.0 Å². The predicted molar refractivity (Wildman–Crippen MR) is 95.9 cm³/mol. The number of rotatable bonds is 4. The highest BCUT2D eigenvalue weighted by Gasteiger charge is 2.06. The Morgan fingerprint density at radius 2 is 1.68 bits per heavy atom. The SMILES string of the molecule is O=C(NCc1ccc2[nH]c(=O)[nH]c2c1)c1ccc(-n2cccc2)cc1. The summed E-state index contributed by atoms with van der Waals surface area (Å²) >= 11 is 0. The molecule has 1 amide bonds. The molecule has 4 aromatic rings. The van der Waals surface area contributed by atoms with Crippen LogP contribution in [0.5, 0.6) is 0 Å². The van der Waals surface area contributed by atoms with E-state index < -0.39 is 0 Å². The van der Waals surface area contributed by atoms with E-state index in [1.165, 1.54) is 0 Å². The molecule has 0 saturated heterocycles. The van der Waals surface area contributed by atoms with Crippen molar-refractivity contribution in [1.29, 1.82) is 0 Å². The van der Waals surface area contributed by atoms with Gasteiger partial charge in [0.2, 0.25) is 0 Å². The van der Waals surface area contributed by atoms with Gasteiger partial charge in [-0.05, 0) is 54.1 Å². The average Bonchev–Trinajstić information content (AvgIpc) is 3.28. The number of H-pyrrole nitrogens is 2. The number of amides is 1. The van der Waals surface area contributed by atoms with Crippen LogP contribution in [0.3, 0.4) is 0 Å². The Kier molecular flexibility index (Phi) is 3.70. The van der Waals surface area contributed by atoms with Gasteiger partial charge in [-0.15, -0.1) is 0 Å². The molecule has 0 spiro atoms. The first-order valence-electron chi connectivity index (χ1n) is 7.91. The smallest absolute Gasteiger partial charge is 0.323 e. The quantitative estimate of drug-likeness (QED) is 0.537. The van der Waals surface area contributed by atoms with Gasteiger partial charge >= 0.3 is 5.69 Å². The van der Waals surface area contributed by atoms with Crippen molar-refractivity contribution in [3.8, 4) is 5.69 Å². The number of aromatic amines is 2. The van der Waals surface area contributed by atoms with E-state index in [0.29, 0.717) is 12.1 Å². The minimum Gasteiger partial charge on any atom is -0.348 e. The molecule has 0 atom stereocenters. The van der Waals surface area contributed by atoms with Gasteiger partial charge in [0.05, 0.1) is 11.0 Å². The molecular weight excluding hydrogens is 316 g/mol. The molecule has 0 fully saturated rings. The Hall–Kier alpha value is -3.54. The van der Waals surface area contributed by atoms with E-state index in [1.54, 1.807) is 12.1 Å². The van der Waals surface area contributed by atoms with Crippen molar-refractivity contribution >= 4 is 16.9 Å². The van der Waals surface area contributed by atoms with Crippen LogP contribution in [-0.2, 0) is 6.54 Å². The minimum absolute atomic E-state index is 0.137. The Balaban J connectivity index is 1.45. The lowest BCUT2D eigenvalue weighted by Gasteiger charge is -2.07. The molecule has 0 radical (unpaired) electrons. The lowest BCUT2D eigenvalue weighted by Crippen LogP contribution is -2.22. The van der Waals surface area contributed by atoms with Crippen molar-refractivity contribution in [2.75, 3.05) is 0 Å². The van der Waals surface area contributed by atoms with Crippen LogP contribution >= 0.6 is 0 Å². The van der Waals surface area contributed by atoms with E-state index in [9.17, 15) is 9.59 Å². The minimum atomic E-state index is -0.237. The number of nitrogens with zero attached hydrogens (tertiary/aromatic N) is 1. The van der Waals surface area contributed by atoms with Gasteiger partial charge in [-0.3, -0.25) is 4.79 Å². The lowest BCUT2D eigenvalue weighted by atomic mass is 10.1. The summed E-state index contributed by atoms with van der Waals surface area (Å²) in [6.07, 6.45) is 3.91. The molecule has 25 heavy (non-hydrogen) atoms. The van der Waals surface area contributed by atoms with Crippen molar-refractivity contribution in [2.45, 2.75) is 6.54 Å². The van der Waals surface area contributed by atoms with E-state index in [-0.39, 0.29) is 11.6 Å². The molecule has 0 aliphatic carbocycles. The molecule has 0 saturated carbocycles. The van der Waals surface area contributed by atoms with Gasteiger partial charge < -0.3 is 19.9 Å². The highest BCUT2D eigenvalue weighted by molar-refractivity contribution is 5.94. The molecule has 0 aliphatic rings. The lowest BCUT2D eigenvalue weighted by molar-refractivity contribution is 0.0951. The maximum atomic E-state index is 12.3. The van der Waals surface area contributed by atoms with Crippen molar-refractivity contribution in [3.05, 3.63) is 88.6 Å². The fourth-order valence-corrected chi connectivity index (χ4v) is 2.77. The van der Waals surface area contributed by atoms with Gasteiger partial charge in [-0.1, -0.05) is 6.07 Å². The maximum Gasteiger partial charge on any atom is 0.323 e. The summed E-state index contributed by atoms with van der Waals surface area (Å²) in [7, 11) is 0. The van der Waals surface area contributed by atoms with Crippen LogP contribution in [0.1, 0.15) is 15.9 Å². The number of hydrogen-bond donors (Lipinski definition) is 3. The third-order valence-electron chi connectivity index (χ3n) is 4.07. The highest BCUT2D eigenvalue weighted by Crippen LogP contribution is 2.12. The monoisotopic (exact) mass is 332 g/mol. The average molecular weight is 332 g/mol. The number of carbonyl (C=O) groups excluding carboxylic acids is 1. The summed E-state index contributed by atoms with van der Waals surface area (Å²) in [5.74, 6) is -0.137. The third kappa shape index (κ3) is 3.10. The molecule has 3 N–H and O–H groups in total. The molecule has 4 rings (SSSR count). The van der Waals surface area contributed by atoms with Crippen LogP contribution in [0.2, 0.25) is 0 Å². The van der Waals surface area contributed by atoms with E-state index >= 15 is 0 Å². The van der Waals surface area contributed by atoms with Gasteiger partial charge in [0.1, 0.15) is 0 Å². The Labute approximate surface area is 143 Å². The largest absolute Gasteiger partial charge is 0.348 e. The van der Waals surface area contributed by atoms with Crippen molar-refractivity contribution in [2.24, 2.45) is 0 Å². The molecule has 6 nitrogen and oxygen atoms in total. The summed E-state index contributed by atoms with van der Waals surface area (Å²) < 4.78 is 1.98. The van der Waals surface area contributed by atoms with E-state index in [2.05, 4.69) is 15.3 Å². The van der Waals surface area contributed by atoms with Crippen LogP contribution in [0.25, 0.3) is 16.7 Å². The normalized spacial score (nSPS) is 10.9. The van der Waals surface area contributed by atoms with Gasteiger partial charge in [0.15, 0.2) is 0 Å². The van der Waals surface area contributed by atoms with Gasteiger partial charge in [0.25, 0.3) is 5.91 Å². The second kappa shape index (κ2) is 6.16. The standard InChI is InChI=1S/C19H16N4O2/c24-18(14-4-6-15(7-5-14)23-9-1-2-10-23)20-12-13-3-8-16-17(11-13)22-19(25)21-16/h1-11H,12H2,(H,20,24)(H2,21,22,25). The number of nitrogens with one attached hydrogen (secondary N) is 3. The predicted octanol–water partition coefficient (Wildman–Crippen LogP) is 2.58. The first-order valence-corrected chi connectivity index (χ1v) is 7.91. The van der Waals surface area contributed by atoms with Gasteiger partial charge in [-0.25, -0.2) is 4.79 Å². The number of fused-ring (bicyclic) bond motifs is 1. The topological polar surface area (TPSA) is 82.7 Å². The maximum absolute atomic E-state index is 12.3. The molecule has 2 heterocycles. The van der Waals surface area contributed by atoms with Crippen LogP contribution in [0, 0.1) is 0 Å². The van der Waals surface area contributed by atoms with Gasteiger partial charge in [-0.2, -0.15) is 0 Å². The first-order chi connectivity index (χ1) is 12.2. The Morgan fingerprint density at radius 3 is 2.44 bits per heavy atom. The number of carbonyl (C=O) groups is 1. The zero-order valence-corrected chi connectivity index (χ0v) is 13.3. The number of aromatic nitrogens is 3. The number of benzene rings is 2. The first kappa shape index (κ1) is 15.0. The third-order valence-corrected chi connectivity index (χ3v) is 4.07. The molecule has 0 bridgehead atoms. The van der Waals surface area contributed by atoms with Crippen LogP contribution in [0.15, 0.2) is 71.8 Å². The molecule has 124 valence electrons. The van der Waals surface area contributed by atoms with Gasteiger partial charge in [0, 0.05) is 30.2 Å². The molecule has 0 unspecified atom stereocenters. The summed E-state index contributed by atoms with van der Waals surface area (Å²) in [6.45, 7) is 0.390. The van der Waals surface area contributed by atoms with Crippen molar-refractivity contribution in [3.63, 3.8) is 0 Å². The number of hydrogen-bond acceptors (Lipinski definition) is 2. The number of imidazole rings is 1. The second-order valence-corrected chi connectivity index (χ2v) is 5.78. The molecular formula is C19H16N4O2. The molecule has 2 aromatic heterocycles. The summed E-state index contributed by atoms with van der Waals surface area (Å²) in [6, 6.07) is 16.9. The molecule has 0 aliphatic heterocycles. The zero-order chi connectivity index (χ0) is 17.2. The zero-order valence-electron chi connectivity index (χ0n) is 13.3. The Bertz CT molecular complexity index is 1070. The van der Waals surface area contributed by atoms with Crippen molar-refractivity contribution < 1.29 is 4.79 Å². The molecule has 2 aromatic carbocycles.